The van der Waals surface area contributed by atoms with Crippen molar-refractivity contribution in [1.29, 1.82) is 0 Å². The highest BCUT2D eigenvalue weighted by Gasteiger charge is 2.18. The molecule has 0 aliphatic rings. The fourth-order valence-electron chi connectivity index (χ4n) is 9.54. The van der Waals surface area contributed by atoms with E-state index in [9.17, 15) is 0 Å². The minimum Gasteiger partial charge on any atom is -0.456 e. The molecule has 0 aliphatic carbocycles. The molecule has 13 rings (SSSR count). The molecule has 0 N–H and O–H groups in total. The summed E-state index contributed by atoms with van der Waals surface area (Å²) in [5, 5.41) is 6.77. The zero-order valence-electron chi connectivity index (χ0n) is 34.5. The van der Waals surface area contributed by atoms with Crippen LogP contribution in [0.3, 0.4) is 0 Å². The van der Waals surface area contributed by atoms with Gasteiger partial charge in [-0.3, -0.25) is 0 Å². The van der Waals surface area contributed by atoms with E-state index in [0.717, 1.165) is 122 Å². The standard InChI is InChI=1S/C60H37NO3/c1-5-17-56-49(9-1)52-14-7-12-47(59(52)63-56)41-25-32-45(33-26-41)61(46-34-27-42(28-35-46)48-13-8-15-53-50-10-2-6-18-57(50)64-60(48)53)44-30-23-39(24-31-44)38-19-21-40(22-20-38)43-29-36-58-54(37-43)51-11-3-4-16-55(51)62-58/h1-37H. The summed E-state index contributed by atoms with van der Waals surface area (Å²) in [6, 6.07) is 79.3. The van der Waals surface area contributed by atoms with E-state index in [2.05, 4.69) is 193 Å². The van der Waals surface area contributed by atoms with Gasteiger partial charge in [-0.25, -0.2) is 0 Å². The number of fused-ring (bicyclic) bond motifs is 9. The monoisotopic (exact) mass is 819 g/mol. The first kappa shape index (κ1) is 36.1. The predicted octanol–water partition coefficient (Wildman–Crippen LogP) is 17.5. The van der Waals surface area contributed by atoms with E-state index < -0.39 is 0 Å². The largest absolute Gasteiger partial charge is 0.456 e. The molecule has 0 bridgehead atoms. The molecule has 4 heteroatoms. The molecule has 0 unspecified atom stereocenters. The summed E-state index contributed by atoms with van der Waals surface area (Å²) in [6.45, 7) is 0. The molecule has 0 amide bonds. The Morgan fingerprint density at radius 1 is 0.234 bits per heavy atom. The van der Waals surface area contributed by atoms with Crippen LogP contribution in [0.4, 0.5) is 17.1 Å². The Kier molecular flexibility index (Phi) is 8.18. The van der Waals surface area contributed by atoms with Crippen molar-refractivity contribution in [2.24, 2.45) is 0 Å². The molecule has 0 saturated carbocycles. The average Bonchev–Trinajstić information content (AvgIpc) is 4.06. The third-order valence-electron chi connectivity index (χ3n) is 12.7. The Morgan fingerprint density at radius 2 is 0.578 bits per heavy atom. The Morgan fingerprint density at radius 3 is 1.06 bits per heavy atom. The molecule has 0 aliphatic heterocycles. The van der Waals surface area contributed by atoms with Crippen LogP contribution >= 0.6 is 0 Å². The first-order valence-electron chi connectivity index (χ1n) is 21.6. The van der Waals surface area contributed by atoms with Crippen molar-refractivity contribution in [2.75, 3.05) is 4.90 Å². The Labute approximate surface area is 368 Å². The van der Waals surface area contributed by atoms with Crippen LogP contribution in [-0.4, -0.2) is 0 Å². The second-order valence-electron chi connectivity index (χ2n) is 16.4. The third kappa shape index (κ3) is 5.92. The number of hydrogen-bond donors (Lipinski definition) is 0. The highest BCUT2D eigenvalue weighted by atomic mass is 16.3. The van der Waals surface area contributed by atoms with Gasteiger partial charge in [-0.05, 0) is 100 Å². The molecule has 3 heterocycles. The zero-order chi connectivity index (χ0) is 42.1. The van der Waals surface area contributed by atoms with Crippen LogP contribution in [0.25, 0.3) is 110 Å². The number of rotatable bonds is 7. The molecule has 64 heavy (non-hydrogen) atoms. The van der Waals surface area contributed by atoms with E-state index in [-0.39, 0.29) is 0 Å². The summed E-state index contributed by atoms with van der Waals surface area (Å²) in [4.78, 5) is 2.32. The number of anilines is 3. The lowest BCUT2D eigenvalue weighted by molar-refractivity contribution is 0.669. The molecule has 4 nitrogen and oxygen atoms in total. The van der Waals surface area contributed by atoms with Gasteiger partial charge in [0.25, 0.3) is 0 Å². The molecular weight excluding hydrogens is 783 g/mol. The van der Waals surface area contributed by atoms with Crippen molar-refractivity contribution in [1.82, 2.24) is 0 Å². The van der Waals surface area contributed by atoms with Gasteiger partial charge in [-0.15, -0.1) is 0 Å². The first-order chi connectivity index (χ1) is 31.7. The van der Waals surface area contributed by atoms with Gasteiger partial charge in [0.05, 0.1) is 0 Å². The van der Waals surface area contributed by atoms with Crippen molar-refractivity contribution in [3.05, 3.63) is 224 Å². The summed E-state index contributed by atoms with van der Waals surface area (Å²) >= 11 is 0. The maximum absolute atomic E-state index is 6.43. The molecule has 13 aromatic rings. The first-order valence-corrected chi connectivity index (χ1v) is 21.6. The molecule has 0 radical (unpaired) electrons. The third-order valence-corrected chi connectivity index (χ3v) is 12.7. The maximum Gasteiger partial charge on any atom is 0.143 e. The van der Waals surface area contributed by atoms with E-state index >= 15 is 0 Å². The molecular formula is C60H37NO3. The van der Waals surface area contributed by atoms with Gasteiger partial charge in [0.15, 0.2) is 0 Å². The summed E-state index contributed by atoms with van der Waals surface area (Å²) in [6.07, 6.45) is 0. The summed E-state index contributed by atoms with van der Waals surface area (Å²) in [7, 11) is 0. The molecule has 0 fully saturated rings. The van der Waals surface area contributed by atoms with Crippen LogP contribution < -0.4 is 4.90 Å². The summed E-state index contributed by atoms with van der Waals surface area (Å²) in [5.74, 6) is 0. The Hall–Kier alpha value is -8.60. The normalized spacial score (nSPS) is 11.8. The topological polar surface area (TPSA) is 42.7 Å². The van der Waals surface area contributed by atoms with Crippen molar-refractivity contribution in [2.45, 2.75) is 0 Å². The van der Waals surface area contributed by atoms with Crippen LogP contribution in [0, 0.1) is 0 Å². The van der Waals surface area contributed by atoms with Gasteiger partial charge in [0.2, 0.25) is 0 Å². The van der Waals surface area contributed by atoms with E-state index in [1.54, 1.807) is 0 Å². The van der Waals surface area contributed by atoms with Crippen molar-refractivity contribution in [3.63, 3.8) is 0 Å². The van der Waals surface area contributed by atoms with E-state index in [4.69, 9.17) is 13.3 Å². The van der Waals surface area contributed by atoms with Crippen LogP contribution in [0.1, 0.15) is 0 Å². The molecule has 0 saturated heterocycles. The predicted molar refractivity (Wildman–Crippen MR) is 265 cm³/mol. The minimum atomic E-state index is 0.897. The summed E-state index contributed by atoms with van der Waals surface area (Å²) < 4.78 is 18.9. The number of para-hydroxylation sites is 5. The molecule has 0 spiro atoms. The lowest BCUT2D eigenvalue weighted by Crippen LogP contribution is -2.09. The van der Waals surface area contributed by atoms with E-state index in [1.807, 2.05) is 36.4 Å². The smallest absolute Gasteiger partial charge is 0.143 e. The lowest BCUT2D eigenvalue weighted by Gasteiger charge is -2.26. The Balaban J connectivity index is 0.856. The van der Waals surface area contributed by atoms with Crippen molar-refractivity contribution >= 4 is 82.9 Å². The lowest BCUT2D eigenvalue weighted by atomic mass is 9.98. The Bertz CT molecular complexity index is 3710. The number of hydrogen-bond acceptors (Lipinski definition) is 4. The second kappa shape index (κ2) is 14.5. The van der Waals surface area contributed by atoms with Crippen molar-refractivity contribution < 1.29 is 13.3 Å². The minimum absolute atomic E-state index is 0.897. The van der Waals surface area contributed by atoms with Gasteiger partial charge in [-0.2, -0.15) is 0 Å². The molecule has 10 aromatic carbocycles. The van der Waals surface area contributed by atoms with Gasteiger partial charge in [0.1, 0.15) is 33.5 Å². The maximum atomic E-state index is 6.43. The van der Waals surface area contributed by atoms with Crippen LogP contribution in [0.15, 0.2) is 238 Å². The van der Waals surface area contributed by atoms with Crippen LogP contribution in [-0.2, 0) is 0 Å². The fraction of sp³-hybridized carbons (Fsp3) is 0. The number of furan rings is 3. The number of benzene rings is 10. The quantitative estimate of drug-likeness (QED) is 0.161. The van der Waals surface area contributed by atoms with Gasteiger partial charge < -0.3 is 18.2 Å². The van der Waals surface area contributed by atoms with Crippen LogP contribution in [0.5, 0.6) is 0 Å². The van der Waals surface area contributed by atoms with Crippen molar-refractivity contribution in [3.8, 4) is 44.5 Å². The SMILES string of the molecule is c1ccc2c(c1)oc1ccc(-c3ccc(-c4ccc(N(c5ccc(-c6cccc7c6oc6ccccc67)cc5)c5ccc(-c6cccc7c6oc6ccccc67)cc5)cc4)cc3)cc12. The van der Waals surface area contributed by atoms with E-state index in [0.29, 0.717) is 0 Å². The number of nitrogens with zero attached hydrogens (tertiary/aromatic N) is 1. The second-order valence-corrected chi connectivity index (χ2v) is 16.4. The molecule has 3 aromatic heterocycles. The van der Waals surface area contributed by atoms with Gasteiger partial charge in [0, 0.05) is 60.5 Å². The van der Waals surface area contributed by atoms with Gasteiger partial charge in [-0.1, -0.05) is 158 Å². The molecule has 300 valence electrons. The highest BCUT2D eigenvalue weighted by Crippen LogP contribution is 2.42. The summed E-state index contributed by atoms with van der Waals surface area (Å²) in [5.41, 5.74) is 17.5. The highest BCUT2D eigenvalue weighted by molar-refractivity contribution is 6.11. The zero-order valence-corrected chi connectivity index (χ0v) is 34.5. The fourth-order valence-corrected chi connectivity index (χ4v) is 9.54. The van der Waals surface area contributed by atoms with Crippen LogP contribution in [0.2, 0.25) is 0 Å². The molecule has 0 atom stereocenters. The van der Waals surface area contributed by atoms with E-state index in [1.165, 1.54) is 5.56 Å². The average molecular weight is 820 g/mol. The van der Waals surface area contributed by atoms with Gasteiger partial charge >= 0.3 is 0 Å².